The van der Waals surface area contributed by atoms with Gasteiger partial charge in [0.2, 0.25) is 0 Å². The van der Waals surface area contributed by atoms with E-state index in [2.05, 4.69) is 50.4 Å². The summed E-state index contributed by atoms with van der Waals surface area (Å²) in [4.78, 5) is 0. The molecule has 0 saturated carbocycles. The molecule has 0 aliphatic heterocycles. The Hall–Kier alpha value is -0.530. The van der Waals surface area contributed by atoms with Gasteiger partial charge in [0.15, 0.2) is 0 Å². The highest BCUT2D eigenvalue weighted by atomic mass is 35.5. The van der Waals surface area contributed by atoms with Crippen molar-refractivity contribution in [3.8, 4) is 0 Å². The highest BCUT2D eigenvalue weighted by Crippen LogP contribution is 2.22. The number of halogens is 1. The average Bonchev–Trinajstić information content (AvgIpc) is 2.28. The minimum Gasteiger partial charge on any atom is -0.303 e. The van der Waals surface area contributed by atoms with E-state index in [0.717, 1.165) is 6.54 Å². The third-order valence-electron chi connectivity index (χ3n) is 2.94. The second-order valence-electron chi connectivity index (χ2n) is 4.89. The van der Waals surface area contributed by atoms with Gasteiger partial charge in [0, 0.05) is 12.0 Å². The molecule has 0 aliphatic carbocycles. The molecule has 0 heterocycles. The minimum atomic E-state index is 0.139. The van der Waals surface area contributed by atoms with Crippen LogP contribution in [-0.4, -0.2) is 12.5 Å². The molecule has 0 unspecified atom stereocenters. The van der Waals surface area contributed by atoms with E-state index in [1.807, 2.05) is 0 Å². The van der Waals surface area contributed by atoms with Crippen LogP contribution < -0.4 is 5.32 Å². The van der Waals surface area contributed by atoms with Crippen molar-refractivity contribution < 1.29 is 0 Å². The van der Waals surface area contributed by atoms with Gasteiger partial charge in [-0.25, -0.2) is 0 Å². The van der Waals surface area contributed by atoms with Gasteiger partial charge in [0.25, 0.3) is 0 Å². The third-order valence-corrected chi connectivity index (χ3v) is 3.12. The molecule has 0 aromatic heterocycles. The molecule has 0 fully saturated rings. The molecule has 2 heteroatoms. The maximum absolute atomic E-state index is 5.65. The van der Waals surface area contributed by atoms with Gasteiger partial charge in [0.05, 0.1) is 6.00 Å². The standard InChI is InChI=1S/C14H22ClN/c1-4-5-12-6-8-13(9-7-12)14(2,3)10-16-11-15/h6-9,16H,4-5,10-11H2,1-3H3. The first-order valence-corrected chi connectivity index (χ1v) is 6.49. The van der Waals surface area contributed by atoms with Crippen molar-refractivity contribution in [2.75, 3.05) is 12.5 Å². The summed E-state index contributed by atoms with van der Waals surface area (Å²) in [6.07, 6.45) is 2.37. The van der Waals surface area contributed by atoms with Crippen LogP contribution in [0.4, 0.5) is 0 Å². The lowest BCUT2D eigenvalue weighted by atomic mass is 9.84. The van der Waals surface area contributed by atoms with E-state index in [4.69, 9.17) is 11.6 Å². The van der Waals surface area contributed by atoms with Crippen molar-refractivity contribution in [2.24, 2.45) is 0 Å². The monoisotopic (exact) mass is 239 g/mol. The molecule has 1 aromatic rings. The Labute approximate surface area is 104 Å². The average molecular weight is 240 g/mol. The van der Waals surface area contributed by atoms with Crippen LogP contribution in [0.2, 0.25) is 0 Å². The van der Waals surface area contributed by atoms with E-state index in [1.54, 1.807) is 0 Å². The van der Waals surface area contributed by atoms with E-state index >= 15 is 0 Å². The van der Waals surface area contributed by atoms with Crippen molar-refractivity contribution in [1.82, 2.24) is 5.32 Å². The molecule has 1 aromatic carbocycles. The summed E-state index contributed by atoms with van der Waals surface area (Å²) in [5.41, 5.74) is 2.93. The van der Waals surface area contributed by atoms with Crippen LogP contribution in [0.25, 0.3) is 0 Å². The Bertz CT molecular complexity index is 303. The number of hydrogen-bond donors (Lipinski definition) is 1. The van der Waals surface area contributed by atoms with Crippen molar-refractivity contribution in [2.45, 2.75) is 39.0 Å². The molecule has 16 heavy (non-hydrogen) atoms. The minimum absolute atomic E-state index is 0.139. The molecular formula is C14H22ClN. The number of benzene rings is 1. The molecular weight excluding hydrogens is 218 g/mol. The predicted molar refractivity (Wildman–Crippen MR) is 72.2 cm³/mol. The maximum atomic E-state index is 5.65. The van der Waals surface area contributed by atoms with Crippen LogP contribution >= 0.6 is 11.6 Å². The summed E-state index contributed by atoms with van der Waals surface area (Å²) in [5, 5.41) is 3.19. The van der Waals surface area contributed by atoms with E-state index in [-0.39, 0.29) is 5.41 Å². The normalized spacial score (nSPS) is 11.8. The first-order chi connectivity index (χ1) is 7.60. The summed E-state index contributed by atoms with van der Waals surface area (Å²) < 4.78 is 0. The van der Waals surface area contributed by atoms with Crippen molar-refractivity contribution in [3.63, 3.8) is 0 Å². The van der Waals surface area contributed by atoms with E-state index < -0.39 is 0 Å². The zero-order valence-corrected chi connectivity index (χ0v) is 11.3. The Morgan fingerprint density at radius 3 is 2.31 bits per heavy atom. The first kappa shape index (κ1) is 13.5. The fraction of sp³-hybridized carbons (Fsp3) is 0.571. The zero-order valence-electron chi connectivity index (χ0n) is 10.5. The lowest BCUT2D eigenvalue weighted by Gasteiger charge is -2.25. The molecule has 1 nitrogen and oxygen atoms in total. The molecule has 0 saturated heterocycles. The maximum Gasteiger partial charge on any atom is 0.0713 e. The SMILES string of the molecule is CCCc1ccc(C(C)(C)CNCCl)cc1. The molecule has 1 N–H and O–H groups in total. The molecule has 0 amide bonds. The van der Waals surface area contributed by atoms with E-state index in [0.29, 0.717) is 6.00 Å². The van der Waals surface area contributed by atoms with Gasteiger partial charge in [-0.2, -0.15) is 0 Å². The Balaban J connectivity index is 2.71. The zero-order chi connectivity index (χ0) is 12.0. The smallest absolute Gasteiger partial charge is 0.0713 e. The van der Waals surface area contributed by atoms with E-state index in [9.17, 15) is 0 Å². The van der Waals surface area contributed by atoms with Gasteiger partial charge in [-0.15, -0.1) is 11.6 Å². The quantitative estimate of drug-likeness (QED) is 0.590. The van der Waals surface area contributed by atoms with Crippen LogP contribution in [0.5, 0.6) is 0 Å². The summed E-state index contributed by atoms with van der Waals surface area (Å²) in [5.74, 6) is 0. The van der Waals surface area contributed by atoms with Crippen molar-refractivity contribution in [3.05, 3.63) is 35.4 Å². The molecule has 90 valence electrons. The number of alkyl halides is 1. The van der Waals surface area contributed by atoms with Crippen molar-refractivity contribution >= 4 is 11.6 Å². The molecule has 1 rings (SSSR count). The summed E-state index contributed by atoms with van der Waals surface area (Å²) in [7, 11) is 0. The molecule has 0 radical (unpaired) electrons. The fourth-order valence-electron chi connectivity index (χ4n) is 1.87. The highest BCUT2D eigenvalue weighted by Gasteiger charge is 2.19. The highest BCUT2D eigenvalue weighted by molar-refractivity contribution is 6.17. The summed E-state index contributed by atoms with van der Waals surface area (Å²) in [6, 6.07) is 9.46. The van der Waals surface area contributed by atoms with Gasteiger partial charge >= 0.3 is 0 Å². The topological polar surface area (TPSA) is 12.0 Å². The summed E-state index contributed by atoms with van der Waals surface area (Å²) in [6.45, 7) is 7.59. The molecule has 0 atom stereocenters. The fourth-order valence-corrected chi connectivity index (χ4v) is 1.97. The van der Waals surface area contributed by atoms with Gasteiger partial charge < -0.3 is 5.32 Å². The molecule has 0 spiro atoms. The van der Waals surface area contributed by atoms with Crippen LogP contribution in [-0.2, 0) is 11.8 Å². The third kappa shape index (κ3) is 3.80. The lowest BCUT2D eigenvalue weighted by molar-refractivity contribution is 0.489. The number of aryl methyl sites for hydroxylation is 1. The van der Waals surface area contributed by atoms with Crippen LogP contribution in [0, 0.1) is 0 Å². The summed E-state index contributed by atoms with van der Waals surface area (Å²) >= 11 is 5.65. The molecule has 0 bridgehead atoms. The van der Waals surface area contributed by atoms with Gasteiger partial charge in [-0.1, -0.05) is 51.5 Å². The van der Waals surface area contributed by atoms with Gasteiger partial charge in [0.1, 0.15) is 0 Å². The number of hydrogen-bond acceptors (Lipinski definition) is 1. The number of nitrogens with one attached hydrogen (secondary N) is 1. The second kappa shape index (κ2) is 6.27. The van der Waals surface area contributed by atoms with Gasteiger partial charge in [-0.3, -0.25) is 0 Å². The van der Waals surface area contributed by atoms with E-state index in [1.165, 1.54) is 24.0 Å². The number of rotatable bonds is 6. The van der Waals surface area contributed by atoms with Crippen molar-refractivity contribution in [1.29, 1.82) is 0 Å². The van der Waals surface area contributed by atoms with Crippen LogP contribution in [0.3, 0.4) is 0 Å². The second-order valence-corrected chi connectivity index (χ2v) is 5.16. The van der Waals surface area contributed by atoms with Gasteiger partial charge in [-0.05, 0) is 17.5 Å². The predicted octanol–water partition coefficient (Wildman–Crippen LogP) is 3.70. The Morgan fingerprint density at radius 2 is 1.81 bits per heavy atom. The largest absolute Gasteiger partial charge is 0.303 e. The lowest BCUT2D eigenvalue weighted by Crippen LogP contribution is -2.32. The Morgan fingerprint density at radius 1 is 1.19 bits per heavy atom. The Kier molecular flexibility index (Phi) is 5.30. The van der Waals surface area contributed by atoms with Crippen LogP contribution in [0.1, 0.15) is 38.3 Å². The molecule has 0 aliphatic rings. The first-order valence-electron chi connectivity index (χ1n) is 5.96. The van der Waals surface area contributed by atoms with Crippen LogP contribution in [0.15, 0.2) is 24.3 Å².